The molecule has 0 saturated carbocycles. The predicted octanol–water partition coefficient (Wildman–Crippen LogP) is 6.97. The van der Waals surface area contributed by atoms with Crippen molar-refractivity contribution in [3.05, 3.63) is 24.7 Å². The summed E-state index contributed by atoms with van der Waals surface area (Å²) in [5.41, 5.74) is 0. The zero-order valence-electron chi connectivity index (χ0n) is 13.6. The number of ether oxygens (including phenoxy) is 1. The Morgan fingerprint density at radius 2 is 0.581 bits per heavy atom. The Balaban J connectivity index is 6.12. The molecule has 31 heavy (non-hydrogen) atoms. The van der Waals surface area contributed by atoms with Gasteiger partial charge in [-0.3, -0.25) is 0 Å². The van der Waals surface area contributed by atoms with Crippen LogP contribution in [-0.4, -0.2) is 47.9 Å². The first-order valence-electron chi connectivity index (χ1n) is 6.52. The van der Waals surface area contributed by atoms with E-state index in [1.165, 1.54) is 13.2 Å². The normalized spacial score (nSPS) is 15.7. The van der Waals surface area contributed by atoms with Gasteiger partial charge in [0.2, 0.25) is 0 Å². The largest absolute Gasteiger partial charge is 0.460 e. The van der Waals surface area contributed by atoms with Crippen LogP contribution in [0.1, 0.15) is 0 Å². The molecule has 19 heteroatoms. The first-order chi connectivity index (χ1) is 13.0. The molecular weight excluding hydrogens is 502 g/mol. The van der Waals surface area contributed by atoms with Crippen LogP contribution in [-0.2, 0) is 4.74 Å². The maximum Gasteiger partial charge on any atom is 0.460 e. The molecule has 0 unspecified atom stereocenters. The van der Waals surface area contributed by atoms with E-state index in [4.69, 9.17) is 0 Å². The topological polar surface area (TPSA) is 9.23 Å². The van der Waals surface area contributed by atoms with Crippen LogP contribution in [0.25, 0.3) is 0 Å². The predicted molar refractivity (Wildman–Crippen MR) is 61.2 cm³/mol. The minimum absolute atomic E-state index is 1.53. The van der Waals surface area contributed by atoms with Gasteiger partial charge in [-0.05, 0) is 0 Å². The molecule has 0 rings (SSSR count). The SMILES string of the molecule is C=C(OC(=C)C(F)(F)C(F)(F)C(F)(F)C(F)(F)F)C(F)(F)C(F)(F)C(F)(F)C(F)(F)F. The van der Waals surface area contributed by atoms with Crippen molar-refractivity contribution in [3.8, 4) is 0 Å². The highest BCUT2D eigenvalue weighted by atomic mass is 19.4. The van der Waals surface area contributed by atoms with Gasteiger partial charge in [-0.25, -0.2) is 0 Å². The summed E-state index contributed by atoms with van der Waals surface area (Å²) < 4.78 is 230. The number of alkyl halides is 18. The molecule has 184 valence electrons. The zero-order valence-corrected chi connectivity index (χ0v) is 13.6. The molecule has 0 saturated heterocycles. The molecule has 0 heterocycles. The van der Waals surface area contributed by atoms with Crippen LogP contribution >= 0.6 is 0 Å². The Morgan fingerprint density at radius 3 is 0.742 bits per heavy atom. The number of rotatable bonds is 8. The summed E-state index contributed by atoms with van der Waals surface area (Å²) in [4.78, 5) is 0. The van der Waals surface area contributed by atoms with Gasteiger partial charge in [-0.15, -0.1) is 0 Å². The average Bonchev–Trinajstić information content (AvgIpc) is 2.51. The number of allylic oxidation sites excluding steroid dienone is 2. The smallest absolute Gasteiger partial charge is 0.454 e. The summed E-state index contributed by atoms with van der Waals surface area (Å²) in [6.07, 6.45) is -14.8. The molecule has 0 N–H and O–H groups in total. The summed E-state index contributed by atoms with van der Waals surface area (Å²) in [6.45, 7) is 3.07. The molecule has 0 bridgehead atoms. The van der Waals surface area contributed by atoms with Crippen LogP contribution in [0.2, 0.25) is 0 Å². The van der Waals surface area contributed by atoms with Crippen molar-refractivity contribution >= 4 is 0 Å². The van der Waals surface area contributed by atoms with Crippen LogP contribution in [0.3, 0.4) is 0 Å². The second-order valence-corrected chi connectivity index (χ2v) is 5.39. The van der Waals surface area contributed by atoms with Crippen molar-refractivity contribution in [2.45, 2.75) is 47.9 Å². The lowest BCUT2D eigenvalue weighted by molar-refractivity contribution is -0.397. The fraction of sp³-hybridized carbons (Fsp3) is 0.667. The first kappa shape index (κ1) is 29.0. The molecule has 0 aromatic carbocycles. The first-order valence-corrected chi connectivity index (χ1v) is 6.52. The van der Waals surface area contributed by atoms with Gasteiger partial charge in [0.15, 0.2) is 11.5 Å². The van der Waals surface area contributed by atoms with Crippen molar-refractivity contribution < 1.29 is 83.8 Å². The molecule has 0 aliphatic carbocycles. The second-order valence-electron chi connectivity index (χ2n) is 5.39. The molecule has 0 aliphatic rings. The maximum atomic E-state index is 13.3. The van der Waals surface area contributed by atoms with Crippen molar-refractivity contribution in [1.29, 1.82) is 0 Å². The Morgan fingerprint density at radius 1 is 0.387 bits per heavy atom. The maximum absolute atomic E-state index is 13.3. The summed E-state index contributed by atoms with van der Waals surface area (Å²) in [6, 6.07) is 0. The van der Waals surface area contributed by atoms with Crippen molar-refractivity contribution in [2.24, 2.45) is 0 Å². The van der Waals surface area contributed by atoms with Gasteiger partial charge in [0, 0.05) is 0 Å². The van der Waals surface area contributed by atoms with Gasteiger partial charge in [0.05, 0.1) is 0 Å². The Bertz CT molecular complexity index is 648. The highest BCUT2D eigenvalue weighted by molar-refractivity contribution is 5.19. The quantitative estimate of drug-likeness (QED) is 0.256. The van der Waals surface area contributed by atoms with E-state index in [0.717, 1.165) is 0 Å². The van der Waals surface area contributed by atoms with E-state index < -0.39 is 59.4 Å². The van der Waals surface area contributed by atoms with E-state index in [2.05, 4.69) is 4.74 Å². The third-order valence-electron chi connectivity index (χ3n) is 3.24. The van der Waals surface area contributed by atoms with Gasteiger partial charge >= 0.3 is 47.9 Å². The molecule has 0 radical (unpaired) electrons. The lowest BCUT2D eigenvalue weighted by Gasteiger charge is -2.36. The van der Waals surface area contributed by atoms with E-state index in [0.29, 0.717) is 0 Å². The van der Waals surface area contributed by atoms with Gasteiger partial charge < -0.3 is 4.74 Å². The Labute approximate surface area is 157 Å². The third kappa shape index (κ3) is 4.10. The zero-order chi connectivity index (χ0) is 25.9. The lowest BCUT2D eigenvalue weighted by atomic mass is 10.0. The van der Waals surface area contributed by atoms with E-state index in [1.54, 1.807) is 0 Å². The summed E-state index contributed by atoms with van der Waals surface area (Å²) >= 11 is 0. The van der Waals surface area contributed by atoms with E-state index in [9.17, 15) is 79.0 Å². The molecule has 1 nitrogen and oxygen atoms in total. The highest BCUT2D eigenvalue weighted by Gasteiger charge is 2.85. The fourth-order valence-electron chi connectivity index (χ4n) is 1.38. The minimum Gasteiger partial charge on any atom is -0.454 e. The van der Waals surface area contributed by atoms with E-state index in [-0.39, 0.29) is 0 Å². The van der Waals surface area contributed by atoms with E-state index in [1.807, 2.05) is 0 Å². The van der Waals surface area contributed by atoms with Crippen LogP contribution in [0.15, 0.2) is 24.7 Å². The van der Waals surface area contributed by atoms with Crippen molar-refractivity contribution in [3.63, 3.8) is 0 Å². The van der Waals surface area contributed by atoms with Crippen LogP contribution in [0.5, 0.6) is 0 Å². The molecule has 0 amide bonds. The van der Waals surface area contributed by atoms with Crippen molar-refractivity contribution in [2.75, 3.05) is 0 Å². The fourth-order valence-corrected chi connectivity index (χ4v) is 1.38. The van der Waals surface area contributed by atoms with Gasteiger partial charge in [0.25, 0.3) is 0 Å². The standard InChI is InChI=1S/C12H4F18O/c1-3(5(13,14)7(17,18)9(21,22)11(25,26)27)31-4(2)6(15,16)8(19,20)10(23,24)12(28,29)30/h1-2H2. The van der Waals surface area contributed by atoms with Crippen LogP contribution in [0.4, 0.5) is 79.0 Å². The number of hydrogen-bond donors (Lipinski definition) is 0. The van der Waals surface area contributed by atoms with Crippen LogP contribution in [0, 0.1) is 0 Å². The minimum atomic E-state index is -7.63. The average molecular weight is 506 g/mol. The Hall–Kier alpha value is -1.98. The van der Waals surface area contributed by atoms with Crippen molar-refractivity contribution in [1.82, 2.24) is 0 Å². The summed E-state index contributed by atoms with van der Waals surface area (Å²) in [5, 5.41) is 0. The summed E-state index contributed by atoms with van der Waals surface area (Å²) in [7, 11) is 0. The van der Waals surface area contributed by atoms with Gasteiger partial charge in [-0.2, -0.15) is 79.0 Å². The molecule has 0 aromatic heterocycles. The van der Waals surface area contributed by atoms with Gasteiger partial charge in [-0.1, -0.05) is 13.2 Å². The molecular formula is C12H4F18O. The van der Waals surface area contributed by atoms with Crippen LogP contribution < -0.4 is 0 Å². The highest BCUT2D eigenvalue weighted by Crippen LogP contribution is 2.58. The molecule has 0 atom stereocenters. The number of halogens is 18. The Kier molecular flexibility index (Phi) is 6.81. The monoisotopic (exact) mass is 506 g/mol. The molecule has 0 aliphatic heterocycles. The molecule has 0 fully saturated rings. The lowest BCUT2D eigenvalue weighted by Crippen LogP contribution is -2.62. The molecule has 0 aromatic rings. The second kappa shape index (κ2) is 7.28. The third-order valence-corrected chi connectivity index (χ3v) is 3.24. The summed E-state index contributed by atoms with van der Waals surface area (Å²) in [5.74, 6) is -51.7. The van der Waals surface area contributed by atoms with E-state index >= 15 is 0 Å². The van der Waals surface area contributed by atoms with Gasteiger partial charge in [0.1, 0.15) is 0 Å². The number of hydrogen-bond acceptors (Lipinski definition) is 1. The molecule has 0 spiro atoms.